The first-order chi connectivity index (χ1) is 14.3. The van der Waals surface area contributed by atoms with E-state index in [1.165, 1.54) is 0 Å². The molecule has 4 rings (SSSR count). The van der Waals surface area contributed by atoms with E-state index >= 15 is 0 Å². The van der Waals surface area contributed by atoms with Crippen LogP contribution in [0.15, 0.2) is 51.4 Å². The molecule has 2 unspecified atom stereocenters. The maximum atomic E-state index is 12.7. The van der Waals surface area contributed by atoms with Crippen molar-refractivity contribution in [3.63, 3.8) is 0 Å². The van der Waals surface area contributed by atoms with Crippen molar-refractivity contribution in [1.82, 2.24) is 14.5 Å². The zero-order valence-electron chi connectivity index (χ0n) is 16.5. The van der Waals surface area contributed by atoms with Crippen LogP contribution in [0.4, 0.5) is 5.82 Å². The number of anilines is 1. The third-order valence-corrected chi connectivity index (χ3v) is 6.46. The van der Waals surface area contributed by atoms with E-state index in [1.54, 1.807) is 25.3 Å². The number of allylic oxidation sites excluding steroid dienone is 4. The topological polar surface area (TPSA) is 69.0 Å². The molecule has 1 N–H and O–H groups in total. The van der Waals surface area contributed by atoms with Crippen LogP contribution in [-0.2, 0) is 4.74 Å². The number of halogens is 3. The second-order valence-corrected chi connectivity index (χ2v) is 8.58. The quantitative estimate of drug-likeness (QED) is 0.514. The smallest absolute Gasteiger partial charge is 0.358 e. The molecule has 1 aliphatic carbocycles. The Balaban J connectivity index is 1.95. The first-order valence-electron chi connectivity index (χ1n) is 9.45. The zero-order chi connectivity index (χ0) is 21.6. The Morgan fingerprint density at radius 2 is 2.13 bits per heavy atom. The number of carbonyl (C=O) groups is 1. The van der Waals surface area contributed by atoms with Gasteiger partial charge in [-0.25, -0.2) is 14.8 Å². The van der Waals surface area contributed by atoms with Crippen LogP contribution >= 0.6 is 39.1 Å². The van der Waals surface area contributed by atoms with Crippen molar-refractivity contribution in [2.24, 2.45) is 5.92 Å². The summed E-state index contributed by atoms with van der Waals surface area (Å²) in [6.07, 6.45) is 5.50. The molecule has 2 atom stereocenters. The number of hydrogen-bond acceptors (Lipinski definition) is 5. The number of fused-ring (bicyclic) bond motifs is 2. The van der Waals surface area contributed by atoms with Gasteiger partial charge in [0.05, 0.1) is 18.3 Å². The fourth-order valence-corrected chi connectivity index (χ4v) is 4.92. The van der Waals surface area contributed by atoms with Gasteiger partial charge in [0.25, 0.3) is 0 Å². The van der Waals surface area contributed by atoms with Gasteiger partial charge in [0.1, 0.15) is 5.82 Å². The Labute approximate surface area is 192 Å². The first kappa shape index (κ1) is 21.2. The summed E-state index contributed by atoms with van der Waals surface area (Å²) in [7, 11) is 0. The van der Waals surface area contributed by atoms with Crippen molar-refractivity contribution in [2.75, 3.05) is 11.9 Å². The van der Waals surface area contributed by atoms with E-state index in [1.807, 2.05) is 23.6 Å². The number of ether oxygens (including phenoxy) is 1. The lowest BCUT2D eigenvalue weighted by atomic mass is 9.80. The number of hydrogen-bond donors (Lipinski definition) is 1. The average Bonchev–Trinajstić information content (AvgIpc) is 3.05. The minimum absolute atomic E-state index is 0.00298. The van der Waals surface area contributed by atoms with Gasteiger partial charge in [0.15, 0.2) is 10.4 Å². The molecule has 6 nitrogen and oxygen atoms in total. The largest absolute Gasteiger partial charge is 0.461 e. The SMILES string of the molecule is CCOC(=O)c1nc(Br)n2c1C(Nc1cc(Cl)ccn1)C1=CC=C(Cl)C(C)C1=C2C. The molecule has 2 aromatic heterocycles. The van der Waals surface area contributed by atoms with Crippen LogP contribution in [0.3, 0.4) is 0 Å². The van der Waals surface area contributed by atoms with Gasteiger partial charge in [-0.3, -0.25) is 4.57 Å². The van der Waals surface area contributed by atoms with Gasteiger partial charge < -0.3 is 10.1 Å². The zero-order valence-corrected chi connectivity index (χ0v) is 19.6. The van der Waals surface area contributed by atoms with Crippen molar-refractivity contribution in [2.45, 2.75) is 26.8 Å². The fraction of sp³-hybridized carbons (Fsp3) is 0.286. The summed E-state index contributed by atoms with van der Waals surface area (Å²) in [5.41, 5.74) is 3.94. The predicted octanol–water partition coefficient (Wildman–Crippen LogP) is 5.97. The second kappa shape index (κ2) is 8.21. The molecule has 0 spiro atoms. The van der Waals surface area contributed by atoms with E-state index in [0.29, 0.717) is 21.3 Å². The maximum absolute atomic E-state index is 12.7. The van der Waals surface area contributed by atoms with Gasteiger partial charge >= 0.3 is 5.97 Å². The molecule has 0 fully saturated rings. The van der Waals surface area contributed by atoms with E-state index in [2.05, 4.69) is 38.1 Å². The number of nitrogens with one attached hydrogen (secondary N) is 1. The Morgan fingerprint density at radius 1 is 1.37 bits per heavy atom. The number of imidazole rings is 1. The minimum atomic E-state index is -0.480. The second-order valence-electron chi connectivity index (χ2n) is 7.00. The lowest BCUT2D eigenvalue weighted by Crippen LogP contribution is -2.29. The van der Waals surface area contributed by atoms with Crippen molar-refractivity contribution >= 4 is 56.6 Å². The average molecular weight is 510 g/mol. The highest BCUT2D eigenvalue weighted by Crippen LogP contribution is 2.48. The lowest BCUT2D eigenvalue weighted by molar-refractivity contribution is 0.0518. The fourth-order valence-electron chi connectivity index (χ4n) is 3.95. The van der Waals surface area contributed by atoms with Crippen LogP contribution in [0.1, 0.15) is 43.0 Å². The molecular weight excluding hydrogens is 491 g/mol. The van der Waals surface area contributed by atoms with E-state index in [-0.39, 0.29) is 18.2 Å². The number of aromatic nitrogens is 3. The molecule has 0 amide bonds. The van der Waals surface area contributed by atoms with Crippen LogP contribution in [-0.4, -0.2) is 27.1 Å². The number of esters is 1. The highest BCUT2D eigenvalue weighted by molar-refractivity contribution is 9.10. The van der Waals surface area contributed by atoms with Crippen molar-refractivity contribution < 1.29 is 9.53 Å². The molecule has 0 saturated heterocycles. The third kappa shape index (κ3) is 3.49. The molecule has 30 heavy (non-hydrogen) atoms. The molecule has 2 aliphatic rings. The van der Waals surface area contributed by atoms with Crippen LogP contribution < -0.4 is 5.32 Å². The summed E-state index contributed by atoms with van der Waals surface area (Å²) in [4.78, 5) is 21.6. The number of nitrogens with zero attached hydrogens (tertiary/aromatic N) is 3. The van der Waals surface area contributed by atoms with Crippen LogP contribution in [0.2, 0.25) is 5.02 Å². The van der Waals surface area contributed by atoms with Gasteiger partial charge in [-0.1, -0.05) is 36.2 Å². The Bertz CT molecular complexity index is 1140. The normalized spacial score (nSPS) is 20.2. The van der Waals surface area contributed by atoms with E-state index < -0.39 is 12.0 Å². The van der Waals surface area contributed by atoms with Gasteiger partial charge in [0.2, 0.25) is 0 Å². The summed E-state index contributed by atoms with van der Waals surface area (Å²) in [5, 5.41) is 4.73. The van der Waals surface area contributed by atoms with E-state index in [0.717, 1.165) is 21.9 Å². The summed E-state index contributed by atoms with van der Waals surface area (Å²) >= 11 is 16.1. The molecule has 9 heteroatoms. The molecular formula is C21H19BrCl2N4O2. The lowest BCUT2D eigenvalue weighted by Gasteiger charge is -2.36. The number of pyridine rings is 1. The van der Waals surface area contributed by atoms with Gasteiger partial charge in [-0.2, -0.15) is 0 Å². The van der Waals surface area contributed by atoms with Crippen molar-refractivity contribution in [3.8, 4) is 0 Å². The minimum Gasteiger partial charge on any atom is -0.461 e. The van der Waals surface area contributed by atoms with E-state index in [4.69, 9.17) is 27.9 Å². The predicted molar refractivity (Wildman–Crippen MR) is 122 cm³/mol. The number of rotatable bonds is 4. The third-order valence-electron chi connectivity index (χ3n) is 5.24. The molecule has 0 bridgehead atoms. The highest BCUT2D eigenvalue weighted by atomic mass is 79.9. The van der Waals surface area contributed by atoms with Gasteiger partial charge in [-0.15, -0.1) is 0 Å². The molecule has 3 heterocycles. The molecule has 1 aliphatic heterocycles. The summed E-state index contributed by atoms with van der Waals surface area (Å²) in [5.74, 6) is 0.100. The number of carbonyl (C=O) groups excluding carboxylic acids is 1. The van der Waals surface area contributed by atoms with Crippen LogP contribution in [0.5, 0.6) is 0 Å². The highest BCUT2D eigenvalue weighted by Gasteiger charge is 2.39. The Hall–Kier alpha value is -2.09. The van der Waals surface area contributed by atoms with Gasteiger partial charge in [0, 0.05) is 27.9 Å². The molecule has 0 radical (unpaired) electrons. The Morgan fingerprint density at radius 3 is 2.83 bits per heavy atom. The molecule has 0 aromatic carbocycles. The van der Waals surface area contributed by atoms with Crippen LogP contribution in [0, 0.1) is 5.92 Å². The standard InChI is InChI=1S/C21H19BrCl2N4O2/c1-4-30-20(29)18-19-17(26-15-9-12(23)7-8-25-15)13-5-6-14(24)10(2)16(13)11(3)28(19)21(22)27-18/h5-10,17H,4H2,1-3H3,(H,25,26). The first-order valence-corrected chi connectivity index (χ1v) is 11.0. The molecule has 156 valence electrons. The monoisotopic (exact) mass is 508 g/mol. The van der Waals surface area contributed by atoms with Crippen LogP contribution in [0.25, 0.3) is 5.70 Å². The van der Waals surface area contributed by atoms with Crippen molar-refractivity contribution in [1.29, 1.82) is 0 Å². The molecule has 0 saturated carbocycles. The Kier molecular flexibility index (Phi) is 5.79. The molecule has 2 aromatic rings. The van der Waals surface area contributed by atoms with Crippen molar-refractivity contribution in [3.05, 3.63) is 67.8 Å². The van der Waals surface area contributed by atoms with E-state index in [9.17, 15) is 4.79 Å². The summed E-state index contributed by atoms with van der Waals surface area (Å²) < 4.78 is 7.71. The maximum Gasteiger partial charge on any atom is 0.358 e. The summed E-state index contributed by atoms with van der Waals surface area (Å²) in [6, 6.07) is 3.04. The summed E-state index contributed by atoms with van der Waals surface area (Å²) in [6.45, 7) is 6.08. The van der Waals surface area contributed by atoms with Gasteiger partial charge in [-0.05, 0) is 59.1 Å².